The Bertz CT molecular complexity index is 1490. The van der Waals surface area contributed by atoms with E-state index in [4.69, 9.17) is 4.74 Å². The highest BCUT2D eigenvalue weighted by Crippen LogP contribution is 2.35. The van der Waals surface area contributed by atoms with Crippen LogP contribution >= 0.6 is 0 Å². The zero-order chi connectivity index (χ0) is 23.2. The van der Waals surface area contributed by atoms with Crippen molar-refractivity contribution in [2.24, 2.45) is 0 Å². The zero-order valence-corrected chi connectivity index (χ0v) is 19.0. The molecule has 0 atom stereocenters. The fourth-order valence-electron chi connectivity index (χ4n) is 4.02. The van der Waals surface area contributed by atoms with Crippen LogP contribution in [-0.2, 0) is 16.4 Å². The molecule has 0 aliphatic carbocycles. The summed E-state index contributed by atoms with van der Waals surface area (Å²) in [6.07, 6.45) is 1.80. The lowest BCUT2D eigenvalue weighted by atomic mass is 10.1. The number of ether oxygens (including phenoxy) is 1. The predicted octanol–water partition coefficient (Wildman–Crippen LogP) is 3.30. The molecule has 8 nitrogen and oxygen atoms in total. The molecule has 33 heavy (non-hydrogen) atoms. The minimum Gasteiger partial charge on any atom is -0.497 e. The minimum atomic E-state index is -3.86. The molecule has 0 radical (unpaired) electrons. The lowest BCUT2D eigenvalue weighted by Crippen LogP contribution is -2.34. The van der Waals surface area contributed by atoms with E-state index in [0.29, 0.717) is 34.1 Å². The van der Waals surface area contributed by atoms with Crippen LogP contribution in [0.3, 0.4) is 0 Å². The van der Waals surface area contributed by atoms with Gasteiger partial charge in [0.05, 0.1) is 23.4 Å². The molecule has 4 aromatic rings. The molecular formula is C24H22N4O4S. The molecular weight excluding hydrogens is 440 g/mol. The maximum Gasteiger partial charge on any atom is 0.275 e. The Hall–Kier alpha value is -3.85. The van der Waals surface area contributed by atoms with Gasteiger partial charge in [-0.05, 0) is 61.9 Å². The molecule has 0 bridgehead atoms. The van der Waals surface area contributed by atoms with Gasteiger partial charge in [-0.3, -0.25) is 9.89 Å². The first-order valence-corrected chi connectivity index (χ1v) is 11.9. The van der Waals surface area contributed by atoms with Crippen molar-refractivity contribution < 1.29 is 13.2 Å². The molecule has 5 rings (SSSR count). The number of aryl methyl sites for hydroxylation is 1. The summed E-state index contributed by atoms with van der Waals surface area (Å²) < 4.78 is 35.0. The van der Waals surface area contributed by atoms with Gasteiger partial charge in [-0.25, -0.2) is 22.4 Å². The van der Waals surface area contributed by atoms with E-state index in [2.05, 4.69) is 10.1 Å². The van der Waals surface area contributed by atoms with Crippen molar-refractivity contribution >= 4 is 15.8 Å². The van der Waals surface area contributed by atoms with Crippen LogP contribution in [0.5, 0.6) is 5.75 Å². The monoisotopic (exact) mass is 462 g/mol. The van der Waals surface area contributed by atoms with E-state index in [9.17, 15) is 13.2 Å². The van der Waals surface area contributed by atoms with Gasteiger partial charge < -0.3 is 4.74 Å². The molecule has 0 saturated carbocycles. The van der Waals surface area contributed by atoms with Gasteiger partial charge >= 0.3 is 0 Å². The second-order valence-electron chi connectivity index (χ2n) is 7.82. The molecule has 1 aliphatic heterocycles. The zero-order valence-electron chi connectivity index (χ0n) is 18.1. The summed E-state index contributed by atoms with van der Waals surface area (Å²) in [6, 6.07) is 17.3. The van der Waals surface area contributed by atoms with Crippen molar-refractivity contribution in [1.82, 2.24) is 14.8 Å². The number of hydrogen-bond acceptors (Lipinski definition) is 5. The third-order valence-electron chi connectivity index (χ3n) is 5.78. The summed E-state index contributed by atoms with van der Waals surface area (Å²) in [5, 5.41) is 3.17. The summed E-state index contributed by atoms with van der Waals surface area (Å²) in [5.74, 6) is 0.978. The summed E-state index contributed by atoms with van der Waals surface area (Å²) in [7, 11) is -2.28. The second kappa shape index (κ2) is 7.93. The van der Waals surface area contributed by atoms with E-state index in [1.807, 2.05) is 6.92 Å². The van der Waals surface area contributed by atoms with Crippen LogP contribution in [0, 0.1) is 6.92 Å². The van der Waals surface area contributed by atoms with Crippen LogP contribution in [0.15, 0.2) is 76.6 Å². The molecule has 1 N–H and O–H groups in total. The average molecular weight is 463 g/mol. The number of methoxy groups -OCH3 is 1. The van der Waals surface area contributed by atoms with Gasteiger partial charge in [0.2, 0.25) is 0 Å². The Labute approximate surface area is 191 Å². The van der Waals surface area contributed by atoms with Crippen molar-refractivity contribution in [2.75, 3.05) is 18.0 Å². The van der Waals surface area contributed by atoms with Crippen LogP contribution in [0.2, 0.25) is 0 Å². The highest BCUT2D eigenvalue weighted by atomic mass is 32.2. The number of pyridine rings is 1. The molecule has 0 saturated heterocycles. The van der Waals surface area contributed by atoms with E-state index >= 15 is 0 Å². The number of sulfonamides is 1. The number of benzene rings is 2. The number of rotatable bonds is 4. The molecule has 168 valence electrons. The van der Waals surface area contributed by atoms with Crippen molar-refractivity contribution in [3.63, 3.8) is 0 Å². The van der Waals surface area contributed by atoms with Crippen LogP contribution in [0.1, 0.15) is 11.1 Å². The third kappa shape index (κ3) is 3.50. The van der Waals surface area contributed by atoms with Crippen molar-refractivity contribution in [3.05, 3.63) is 88.3 Å². The van der Waals surface area contributed by atoms with Crippen molar-refractivity contribution in [2.45, 2.75) is 18.2 Å². The third-order valence-corrected chi connectivity index (χ3v) is 7.59. The van der Waals surface area contributed by atoms with E-state index in [1.54, 1.807) is 74.0 Å². The van der Waals surface area contributed by atoms with Gasteiger partial charge in [0.1, 0.15) is 5.75 Å². The van der Waals surface area contributed by atoms with Gasteiger partial charge in [0, 0.05) is 23.9 Å². The Balaban J connectivity index is 1.63. The SMILES string of the molecule is COc1ccc(-n2[nH]c3c(c2=O)CCN(S(=O)(=O)c2ccc(C)cc2)c2ncccc2-3)cc1. The summed E-state index contributed by atoms with van der Waals surface area (Å²) >= 11 is 0. The van der Waals surface area contributed by atoms with Crippen LogP contribution in [0.4, 0.5) is 5.82 Å². The molecule has 2 aromatic heterocycles. The molecule has 1 aliphatic rings. The Morgan fingerprint density at radius 3 is 2.45 bits per heavy atom. The molecule has 9 heteroatoms. The number of aromatic nitrogens is 3. The van der Waals surface area contributed by atoms with E-state index in [-0.39, 0.29) is 23.4 Å². The highest BCUT2D eigenvalue weighted by molar-refractivity contribution is 7.92. The Kier molecular flexibility index (Phi) is 5.05. The maximum absolute atomic E-state index is 13.5. The maximum atomic E-state index is 13.5. The number of anilines is 1. The highest BCUT2D eigenvalue weighted by Gasteiger charge is 2.33. The van der Waals surface area contributed by atoms with Crippen molar-refractivity contribution in [3.8, 4) is 22.7 Å². The first-order chi connectivity index (χ1) is 15.9. The number of fused-ring (bicyclic) bond motifs is 3. The van der Waals surface area contributed by atoms with Crippen LogP contribution in [0.25, 0.3) is 16.9 Å². The van der Waals surface area contributed by atoms with E-state index in [0.717, 1.165) is 5.56 Å². The van der Waals surface area contributed by atoms with Crippen LogP contribution in [-0.4, -0.2) is 36.8 Å². The quantitative estimate of drug-likeness (QED) is 0.502. The largest absolute Gasteiger partial charge is 0.497 e. The molecule has 3 heterocycles. The standard InChI is InChI=1S/C24H22N4O4S/c1-16-5-11-19(12-6-16)33(30,31)27-15-13-21-22(20-4-3-14-25-23(20)27)26-28(24(21)29)17-7-9-18(32-2)10-8-17/h3-12,14,26H,13,15H2,1-2H3. The number of H-pyrrole nitrogens is 1. The van der Waals surface area contributed by atoms with Gasteiger partial charge in [-0.1, -0.05) is 17.7 Å². The first-order valence-electron chi connectivity index (χ1n) is 10.4. The lowest BCUT2D eigenvalue weighted by molar-refractivity contribution is 0.414. The Morgan fingerprint density at radius 2 is 1.76 bits per heavy atom. The number of nitrogens with zero attached hydrogens (tertiary/aromatic N) is 3. The number of hydrogen-bond donors (Lipinski definition) is 1. The van der Waals surface area contributed by atoms with Gasteiger partial charge in [-0.15, -0.1) is 0 Å². The minimum absolute atomic E-state index is 0.100. The molecule has 0 spiro atoms. The fourth-order valence-corrected chi connectivity index (χ4v) is 5.46. The van der Waals surface area contributed by atoms with Crippen LogP contribution < -0.4 is 14.6 Å². The Morgan fingerprint density at radius 1 is 1.03 bits per heavy atom. The number of aromatic amines is 1. The topological polar surface area (TPSA) is 97.3 Å². The molecule has 0 amide bonds. The van der Waals surface area contributed by atoms with E-state index in [1.165, 1.54) is 8.99 Å². The first kappa shape index (κ1) is 21.0. The smallest absolute Gasteiger partial charge is 0.275 e. The lowest BCUT2D eigenvalue weighted by Gasteiger charge is -2.23. The predicted molar refractivity (Wildman–Crippen MR) is 126 cm³/mol. The summed E-state index contributed by atoms with van der Waals surface area (Å²) in [4.78, 5) is 17.9. The second-order valence-corrected chi connectivity index (χ2v) is 9.68. The van der Waals surface area contributed by atoms with Gasteiger partial charge in [0.15, 0.2) is 5.82 Å². The van der Waals surface area contributed by atoms with Crippen molar-refractivity contribution in [1.29, 1.82) is 0 Å². The molecule has 0 fully saturated rings. The van der Waals surface area contributed by atoms with E-state index < -0.39 is 10.0 Å². The number of nitrogens with one attached hydrogen (secondary N) is 1. The average Bonchev–Trinajstić information content (AvgIpc) is 3.05. The normalized spacial score (nSPS) is 13.2. The van der Waals surface area contributed by atoms with Gasteiger partial charge in [0.25, 0.3) is 15.6 Å². The molecule has 2 aromatic carbocycles. The molecule has 0 unspecified atom stereocenters. The van der Waals surface area contributed by atoms with Gasteiger partial charge in [-0.2, -0.15) is 0 Å². The summed E-state index contributed by atoms with van der Waals surface area (Å²) in [5.41, 5.74) is 3.05. The summed E-state index contributed by atoms with van der Waals surface area (Å²) in [6.45, 7) is 2.00. The fraction of sp³-hybridized carbons (Fsp3) is 0.167.